The molecule has 0 unspecified atom stereocenters. The average molecular weight is 354 g/mol. The van der Waals surface area contributed by atoms with Crippen LogP contribution in [0.1, 0.15) is 0 Å². The van der Waals surface area contributed by atoms with Crippen molar-refractivity contribution in [1.29, 1.82) is 0 Å². The van der Waals surface area contributed by atoms with Crippen molar-refractivity contribution in [3.63, 3.8) is 0 Å². The molecule has 1 nitrogen and oxygen atoms in total. The maximum absolute atomic E-state index is 3.51. The Bertz CT molecular complexity index is 433. The summed E-state index contributed by atoms with van der Waals surface area (Å²) < 4.78 is 3.17. The SMILES string of the molecule is Brc1cc2[nH]ccc2c(Br)c1Br. The maximum atomic E-state index is 3.51. The number of benzene rings is 1. The summed E-state index contributed by atoms with van der Waals surface area (Å²) in [5, 5.41) is 1.19. The standard InChI is InChI=1S/C8H4Br3N/c9-5-3-6-4(1-2-12-6)7(10)8(5)11/h1-3,12H. The Morgan fingerprint density at radius 1 is 1.08 bits per heavy atom. The molecule has 1 aromatic carbocycles. The summed E-state index contributed by atoms with van der Waals surface area (Å²) in [6.45, 7) is 0. The Kier molecular flexibility index (Phi) is 2.31. The van der Waals surface area contributed by atoms with E-state index in [1.54, 1.807) is 0 Å². The molecule has 0 amide bonds. The summed E-state index contributed by atoms with van der Waals surface area (Å²) in [5.41, 5.74) is 1.12. The zero-order chi connectivity index (χ0) is 8.72. The lowest BCUT2D eigenvalue weighted by Gasteiger charge is -2.00. The molecule has 62 valence electrons. The van der Waals surface area contributed by atoms with Gasteiger partial charge in [0.05, 0.1) is 0 Å². The highest BCUT2D eigenvalue weighted by Gasteiger charge is 2.07. The van der Waals surface area contributed by atoms with E-state index in [9.17, 15) is 0 Å². The van der Waals surface area contributed by atoms with Gasteiger partial charge in [-0.25, -0.2) is 0 Å². The number of aromatic amines is 1. The number of hydrogen-bond acceptors (Lipinski definition) is 0. The number of rotatable bonds is 0. The third-order valence-electron chi connectivity index (χ3n) is 1.69. The zero-order valence-corrected chi connectivity index (χ0v) is 10.6. The van der Waals surface area contributed by atoms with Gasteiger partial charge >= 0.3 is 0 Å². The molecule has 0 aliphatic rings. The summed E-state index contributed by atoms with van der Waals surface area (Å²) in [6, 6.07) is 4.08. The molecule has 0 radical (unpaired) electrons. The molecule has 0 spiro atoms. The van der Waals surface area contributed by atoms with E-state index < -0.39 is 0 Å². The third kappa shape index (κ3) is 1.26. The van der Waals surface area contributed by atoms with Crippen LogP contribution in [0, 0.1) is 0 Å². The second-order valence-corrected chi connectivity index (χ2v) is 4.87. The van der Waals surface area contributed by atoms with Crippen molar-refractivity contribution < 1.29 is 0 Å². The normalized spacial score (nSPS) is 10.9. The van der Waals surface area contributed by atoms with Crippen LogP contribution in [0.25, 0.3) is 10.9 Å². The van der Waals surface area contributed by atoms with Gasteiger partial charge in [-0.05, 0) is 59.9 Å². The number of H-pyrrole nitrogens is 1. The molecule has 0 aliphatic carbocycles. The van der Waals surface area contributed by atoms with Crippen molar-refractivity contribution in [2.45, 2.75) is 0 Å². The van der Waals surface area contributed by atoms with E-state index in [-0.39, 0.29) is 0 Å². The van der Waals surface area contributed by atoms with Crippen LogP contribution in [0.5, 0.6) is 0 Å². The molecule has 4 heteroatoms. The summed E-state index contributed by atoms with van der Waals surface area (Å²) in [4.78, 5) is 3.15. The highest BCUT2D eigenvalue weighted by atomic mass is 79.9. The molecular formula is C8H4Br3N. The topological polar surface area (TPSA) is 15.8 Å². The number of halogens is 3. The highest BCUT2D eigenvalue weighted by Crippen LogP contribution is 2.36. The van der Waals surface area contributed by atoms with E-state index >= 15 is 0 Å². The number of nitrogens with one attached hydrogen (secondary N) is 1. The second kappa shape index (κ2) is 3.16. The highest BCUT2D eigenvalue weighted by molar-refractivity contribution is 9.14. The number of fused-ring (bicyclic) bond motifs is 1. The van der Waals surface area contributed by atoms with Gasteiger partial charge in [-0.1, -0.05) is 0 Å². The Morgan fingerprint density at radius 2 is 1.83 bits per heavy atom. The fourth-order valence-electron chi connectivity index (χ4n) is 1.11. The minimum absolute atomic E-state index is 1.05. The Morgan fingerprint density at radius 3 is 2.58 bits per heavy atom. The van der Waals surface area contributed by atoms with Gasteiger partial charge in [-0.3, -0.25) is 0 Å². The van der Waals surface area contributed by atoms with Gasteiger partial charge in [-0.2, -0.15) is 0 Å². The zero-order valence-electron chi connectivity index (χ0n) is 5.87. The van der Waals surface area contributed by atoms with Gasteiger partial charge in [-0.15, -0.1) is 0 Å². The van der Waals surface area contributed by atoms with Crippen LogP contribution >= 0.6 is 47.8 Å². The van der Waals surface area contributed by atoms with Crippen molar-refractivity contribution in [2.24, 2.45) is 0 Å². The van der Waals surface area contributed by atoms with Crippen molar-refractivity contribution in [1.82, 2.24) is 4.98 Å². The lowest BCUT2D eigenvalue weighted by Crippen LogP contribution is -1.75. The summed E-state index contributed by atoms with van der Waals surface area (Å²) in [7, 11) is 0. The van der Waals surface area contributed by atoms with E-state index in [4.69, 9.17) is 0 Å². The minimum atomic E-state index is 1.05. The van der Waals surface area contributed by atoms with Crippen molar-refractivity contribution >= 4 is 58.7 Å². The first-order valence-electron chi connectivity index (χ1n) is 3.30. The monoisotopic (exact) mass is 351 g/mol. The van der Waals surface area contributed by atoms with Gasteiger partial charge in [0, 0.05) is 30.5 Å². The molecule has 0 fully saturated rings. The summed E-state index contributed by atoms with van der Waals surface area (Å²) >= 11 is 10.4. The molecule has 12 heavy (non-hydrogen) atoms. The molecule has 1 aromatic heterocycles. The Labute approximate surface area is 94.9 Å². The predicted molar refractivity (Wildman–Crippen MR) is 61.4 cm³/mol. The molecule has 2 rings (SSSR count). The van der Waals surface area contributed by atoms with Crippen molar-refractivity contribution in [2.75, 3.05) is 0 Å². The van der Waals surface area contributed by atoms with Crippen LogP contribution < -0.4 is 0 Å². The number of hydrogen-bond donors (Lipinski definition) is 1. The summed E-state index contributed by atoms with van der Waals surface area (Å²) in [6.07, 6.45) is 1.92. The summed E-state index contributed by atoms with van der Waals surface area (Å²) in [5.74, 6) is 0. The molecule has 0 aliphatic heterocycles. The van der Waals surface area contributed by atoms with E-state index in [0.717, 1.165) is 18.9 Å². The molecule has 0 saturated heterocycles. The van der Waals surface area contributed by atoms with Gasteiger partial charge in [0.1, 0.15) is 0 Å². The van der Waals surface area contributed by atoms with Crippen LogP contribution in [0.3, 0.4) is 0 Å². The van der Waals surface area contributed by atoms with E-state index in [1.807, 2.05) is 18.3 Å². The first-order chi connectivity index (χ1) is 5.70. The van der Waals surface area contributed by atoms with Crippen LogP contribution in [-0.2, 0) is 0 Å². The van der Waals surface area contributed by atoms with E-state index in [2.05, 4.69) is 52.8 Å². The maximum Gasteiger partial charge on any atom is 0.0477 e. The van der Waals surface area contributed by atoms with Crippen molar-refractivity contribution in [3.05, 3.63) is 31.7 Å². The predicted octanol–water partition coefficient (Wildman–Crippen LogP) is 4.46. The van der Waals surface area contributed by atoms with E-state index in [1.165, 1.54) is 5.39 Å². The second-order valence-electron chi connectivity index (χ2n) is 2.43. The first kappa shape index (κ1) is 8.78. The molecule has 0 saturated carbocycles. The van der Waals surface area contributed by atoms with E-state index in [0.29, 0.717) is 0 Å². The fraction of sp³-hybridized carbons (Fsp3) is 0. The van der Waals surface area contributed by atoms with Gasteiger partial charge in [0.2, 0.25) is 0 Å². The minimum Gasteiger partial charge on any atom is -0.361 e. The van der Waals surface area contributed by atoms with Crippen LogP contribution in [0.15, 0.2) is 31.7 Å². The fourth-order valence-corrected chi connectivity index (χ4v) is 2.69. The molecule has 2 aromatic rings. The molecule has 0 bridgehead atoms. The molecule has 1 N–H and O–H groups in total. The third-order valence-corrected chi connectivity index (χ3v) is 5.03. The van der Waals surface area contributed by atoms with Crippen molar-refractivity contribution in [3.8, 4) is 0 Å². The smallest absolute Gasteiger partial charge is 0.0477 e. The van der Waals surface area contributed by atoms with Crippen LogP contribution in [0.2, 0.25) is 0 Å². The quantitative estimate of drug-likeness (QED) is 0.673. The Balaban J connectivity index is 2.94. The number of aromatic nitrogens is 1. The first-order valence-corrected chi connectivity index (χ1v) is 5.68. The lowest BCUT2D eigenvalue weighted by atomic mass is 10.2. The lowest BCUT2D eigenvalue weighted by molar-refractivity contribution is 1.46. The van der Waals surface area contributed by atoms with Gasteiger partial charge < -0.3 is 4.98 Å². The van der Waals surface area contributed by atoms with Gasteiger partial charge in [0.15, 0.2) is 0 Å². The molecular weight excluding hydrogens is 350 g/mol. The average Bonchev–Trinajstić information content (AvgIpc) is 2.48. The Hall–Kier alpha value is 0.200. The largest absolute Gasteiger partial charge is 0.361 e. The van der Waals surface area contributed by atoms with Gasteiger partial charge in [0.25, 0.3) is 0 Å². The molecule has 1 heterocycles. The van der Waals surface area contributed by atoms with Crippen LogP contribution in [0.4, 0.5) is 0 Å². The van der Waals surface area contributed by atoms with Crippen LogP contribution in [-0.4, -0.2) is 4.98 Å². The molecule has 0 atom stereocenters.